The first kappa shape index (κ1) is 27.9. The second kappa shape index (κ2) is 13.6. The van der Waals surface area contributed by atoms with Crippen LogP contribution in [0.1, 0.15) is 10.5 Å². The third-order valence-electron chi connectivity index (χ3n) is 3.58. The summed E-state index contributed by atoms with van der Waals surface area (Å²) in [5.41, 5.74) is 0.566. The first-order chi connectivity index (χ1) is 14.6. The fourth-order valence-electron chi connectivity index (χ4n) is 2.19. The van der Waals surface area contributed by atoms with E-state index in [0.29, 0.717) is 18.0 Å². The van der Waals surface area contributed by atoms with E-state index in [4.69, 9.17) is 0 Å². The topological polar surface area (TPSA) is 46.9 Å². The van der Waals surface area contributed by atoms with Gasteiger partial charge in [-0.1, -0.05) is 43.6 Å². The number of rotatable bonds is 5. The van der Waals surface area contributed by atoms with Crippen LogP contribution < -0.4 is 5.32 Å². The second-order valence-electron chi connectivity index (χ2n) is 5.87. The van der Waals surface area contributed by atoms with Crippen molar-refractivity contribution in [2.45, 2.75) is 9.79 Å². The van der Waals surface area contributed by atoms with Gasteiger partial charge in [-0.2, -0.15) is 12.6 Å². The van der Waals surface area contributed by atoms with Gasteiger partial charge in [0.15, 0.2) is 0 Å². The van der Waals surface area contributed by atoms with Crippen molar-refractivity contribution in [1.82, 2.24) is 14.9 Å². The number of hydrogen-bond donors (Lipinski definition) is 2. The molecule has 1 aromatic heterocycles. The number of benzene rings is 2. The molecule has 0 bridgehead atoms. The van der Waals surface area contributed by atoms with Crippen LogP contribution in [0.5, 0.6) is 0 Å². The predicted octanol–water partition coefficient (Wildman–Crippen LogP) is 8.49. The maximum absolute atomic E-state index is 11.3. The van der Waals surface area contributed by atoms with Gasteiger partial charge in [0.25, 0.3) is 5.91 Å². The summed E-state index contributed by atoms with van der Waals surface area (Å²) in [5, 5.41) is 2.70. The van der Waals surface area contributed by atoms with E-state index in [9.17, 15) is 4.79 Å². The van der Waals surface area contributed by atoms with Gasteiger partial charge in [0, 0.05) is 56.0 Å². The number of aryl methyl sites for hydroxylation is 1. The molecule has 3 rings (SSSR count). The number of nitrogens with one attached hydrogen (secondary N) is 1. The molecule has 12 heteroatoms. The molecule has 0 saturated heterocycles. The summed E-state index contributed by atoms with van der Waals surface area (Å²) in [6, 6.07) is 8.14. The lowest BCUT2D eigenvalue weighted by molar-refractivity contribution is 0.0948. The van der Waals surface area contributed by atoms with Gasteiger partial charge in [0.2, 0.25) is 0 Å². The zero-order valence-electron chi connectivity index (χ0n) is 15.8. The van der Waals surface area contributed by atoms with E-state index in [1.165, 1.54) is 6.20 Å². The lowest BCUT2D eigenvalue weighted by Crippen LogP contribution is -2.26. The van der Waals surface area contributed by atoms with Crippen LogP contribution in [0.15, 0.2) is 73.4 Å². The van der Waals surface area contributed by atoms with Crippen LogP contribution in [0, 0.1) is 0 Å². The first-order valence-corrected chi connectivity index (χ1v) is 14.7. The fraction of sp³-hybridized carbons (Fsp3) is 0.158. The van der Waals surface area contributed by atoms with Gasteiger partial charge in [-0.15, -0.1) is 0 Å². The number of amides is 1. The summed E-state index contributed by atoms with van der Waals surface area (Å²) in [7, 11) is 1.78. The minimum Gasteiger partial charge on any atom is -0.350 e. The van der Waals surface area contributed by atoms with Crippen molar-refractivity contribution in [3.8, 4) is 0 Å². The normalized spacial score (nSPS) is 10.5. The van der Waals surface area contributed by atoms with Crippen LogP contribution in [0.25, 0.3) is 0 Å². The molecule has 0 atom stereocenters. The smallest absolute Gasteiger partial charge is 0.269 e. The van der Waals surface area contributed by atoms with Gasteiger partial charge in [0.1, 0.15) is 5.69 Å². The van der Waals surface area contributed by atoms with Gasteiger partial charge < -0.3 is 9.88 Å². The van der Waals surface area contributed by atoms with Crippen LogP contribution >= 0.6 is 120 Å². The molecule has 0 unspecified atom stereocenters. The van der Waals surface area contributed by atoms with Crippen LogP contribution in [0.3, 0.4) is 0 Å². The van der Waals surface area contributed by atoms with Crippen molar-refractivity contribution < 1.29 is 4.79 Å². The lowest BCUT2D eigenvalue weighted by atomic mass is 10.4. The van der Waals surface area contributed by atoms with Gasteiger partial charge >= 0.3 is 0 Å². The zero-order valence-corrected chi connectivity index (χ0v) is 27.0. The van der Waals surface area contributed by atoms with E-state index in [1.807, 2.05) is 24.3 Å². The molecule has 0 aliphatic heterocycles. The highest BCUT2D eigenvalue weighted by molar-refractivity contribution is 9.12. The molecule has 0 spiro atoms. The number of carbonyl (C=O) groups is 1. The Labute approximate surface area is 241 Å². The third-order valence-corrected chi connectivity index (χ3v) is 9.56. The summed E-state index contributed by atoms with van der Waals surface area (Å²) in [4.78, 5) is 17.4. The highest BCUT2D eigenvalue weighted by Crippen LogP contribution is 2.46. The zero-order chi connectivity index (χ0) is 23.1. The molecule has 0 radical (unpaired) electrons. The molecule has 2 aromatic carbocycles. The highest BCUT2D eigenvalue weighted by atomic mass is 79.9. The van der Waals surface area contributed by atoms with Crippen molar-refractivity contribution in [3.63, 3.8) is 0 Å². The molecule has 1 heterocycles. The molecule has 1 amide bonds. The molecule has 0 aliphatic rings. The molecule has 4 nitrogen and oxygen atoms in total. The molecule has 31 heavy (non-hydrogen) atoms. The Hall–Kier alpha value is 0.700. The number of carbonyl (C=O) groups excluding carboxylic acids is 1. The van der Waals surface area contributed by atoms with E-state index in [2.05, 4.69) is 119 Å². The minimum atomic E-state index is -0.107. The fourth-order valence-corrected chi connectivity index (χ4v) is 8.62. The summed E-state index contributed by atoms with van der Waals surface area (Å²) >= 11 is 27.0. The van der Waals surface area contributed by atoms with Gasteiger partial charge in [-0.3, -0.25) is 4.79 Å². The number of thiol groups is 1. The first-order valence-electron chi connectivity index (χ1n) is 8.46. The molecule has 0 aliphatic carbocycles. The van der Waals surface area contributed by atoms with Crippen molar-refractivity contribution in [1.29, 1.82) is 0 Å². The molecule has 0 saturated carbocycles. The number of aromatic nitrogens is 2. The number of nitrogens with zero attached hydrogens (tertiary/aromatic N) is 2. The summed E-state index contributed by atoms with van der Waals surface area (Å²) in [6.07, 6.45) is 3.13. The van der Waals surface area contributed by atoms with Crippen molar-refractivity contribution >= 4 is 126 Å². The standard InChI is InChI=1S/C12H4Br6S.C7H11N3OS/c13-5-1-7(15)11(8(16)2-5)19-12-9(17)3-6(14)4-10(12)18;1-10-5-8-4-6(10)7(11)9-2-3-12/h1-4H;4-5,12H,2-3H2,1H3,(H,9,11). The highest BCUT2D eigenvalue weighted by Gasteiger charge is 2.14. The summed E-state index contributed by atoms with van der Waals surface area (Å²) < 4.78 is 7.91. The number of halogens is 6. The Morgan fingerprint density at radius 2 is 1.42 bits per heavy atom. The molecule has 1 N–H and O–H groups in total. The van der Waals surface area contributed by atoms with Crippen LogP contribution in [0.4, 0.5) is 0 Å². The Morgan fingerprint density at radius 3 is 1.77 bits per heavy atom. The van der Waals surface area contributed by atoms with E-state index < -0.39 is 0 Å². The summed E-state index contributed by atoms with van der Waals surface area (Å²) in [6.45, 7) is 0.577. The Morgan fingerprint density at radius 1 is 0.968 bits per heavy atom. The van der Waals surface area contributed by atoms with Crippen LogP contribution in [0.2, 0.25) is 0 Å². The van der Waals surface area contributed by atoms with Crippen LogP contribution in [-0.2, 0) is 7.05 Å². The van der Waals surface area contributed by atoms with E-state index in [1.54, 1.807) is 29.7 Å². The monoisotopic (exact) mass is 839 g/mol. The van der Waals surface area contributed by atoms with Crippen molar-refractivity contribution in [2.24, 2.45) is 7.05 Å². The van der Waals surface area contributed by atoms with Gasteiger partial charge in [-0.25, -0.2) is 4.98 Å². The molecular formula is C19H15Br6N3OS2. The quantitative estimate of drug-likeness (QED) is 0.254. The number of hydrogen-bond acceptors (Lipinski definition) is 4. The van der Waals surface area contributed by atoms with E-state index in [0.717, 1.165) is 36.6 Å². The predicted molar refractivity (Wildman–Crippen MR) is 153 cm³/mol. The average Bonchev–Trinajstić information content (AvgIpc) is 3.10. The van der Waals surface area contributed by atoms with Crippen LogP contribution in [-0.4, -0.2) is 27.8 Å². The second-order valence-corrected chi connectivity index (χ2v) is 12.6. The maximum Gasteiger partial charge on any atom is 0.269 e. The largest absolute Gasteiger partial charge is 0.350 e. The van der Waals surface area contributed by atoms with Gasteiger partial charge in [0.05, 0.1) is 12.5 Å². The molecular weight excluding hydrogens is 830 g/mol. The Balaban J connectivity index is 0.000000245. The Kier molecular flexibility index (Phi) is 12.2. The molecule has 0 fully saturated rings. The van der Waals surface area contributed by atoms with Crippen molar-refractivity contribution in [3.05, 3.63) is 69.3 Å². The average molecular weight is 845 g/mol. The van der Waals surface area contributed by atoms with E-state index >= 15 is 0 Å². The SMILES string of the molecule is Brc1cc(Br)c(Sc2c(Br)cc(Br)cc2Br)c(Br)c1.Cn1cncc1C(=O)NCCS. The van der Waals surface area contributed by atoms with Crippen molar-refractivity contribution in [2.75, 3.05) is 12.3 Å². The van der Waals surface area contributed by atoms with E-state index in [-0.39, 0.29) is 5.91 Å². The third kappa shape index (κ3) is 8.45. The Bertz CT molecular complexity index is 975. The lowest BCUT2D eigenvalue weighted by Gasteiger charge is -2.11. The van der Waals surface area contributed by atoms with Gasteiger partial charge in [-0.05, 0) is 88.0 Å². The molecule has 166 valence electrons. The maximum atomic E-state index is 11.3. The summed E-state index contributed by atoms with van der Waals surface area (Å²) in [5.74, 6) is 0.535. The number of imidazole rings is 1. The molecule has 3 aromatic rings. The minimum absolute atomic E-state index is 0.107.